The van der Waals surface area contributed by atoms with Gasteiger partial charge in [-0.15, -0.1) is 0 Å². The van der Waals surface area contributed by atoms with Gasteiger partial charge in [0.1, 0.15) is 12.4 Å². The minimum absolute atomic E-state index is 0.0297. The first-order valence-electron chi connectivity index (χ1n) is 8.24. The lowest BCUT2D eigenvalue weighted by Crippen LogP contribution is -2.36. The Kier molecular flexibility index (Phi) is 4.94. The Morgan fingerprint density at radius 1 is 1.25 bits per heavy atom. The van der Waals surface area contributed by atoms with E-state index in [1.54, 1.807) is 6.20 Å². The number of carbonyl (C=O) groups is 1. The number of ether oxygens (including phenoxy) is 1. The predicted molar refractivity (Wildman–Crippen MR) is 94.4 cm³/mol. The summed E-state index contributed by atoms with van der Waals surface area (Å²) in [5.41, 5.74) is 2.68. The van der Waals surface area contributed by atoms with E-state index in [9.17, 15) is 4.79 Å². The van der Waals surface area contributed by atoms with Crippen molar-refractivity contribution in [3.05, 3.63) is 65.5 Å². The Morgan fingerprint density at radius 2 is 2.08 bits per heavy atom. The van der Waals surface area contributed by atoms with Gasteiger partial charge in [-0.05, 0) is 29.7 Å². The zero-order valence-corrected chi connectivity index (χ0v) is 14.1. The van der Waals surface area contributed by atoms with Crippen LogP contribution in [0, 0.1) is 5.92 Å². The molecule has 1 aromatic heterocycles. The normalized spacial score (nSPS) is 13.0. The summed E-state index contributed by atoms with van der Waals surface area (Å²) in [6.07, 6.45) is 5.49. The molecule has 1 amide bonds. The molecular formula is C20H22N2O2. The van der Waals surface area contributed by atoms with Crippen LogP contribution in [-0.4, -0.2) is 28.9 Å². The van der Waals surface area contributed by atoms with Gasteiger partial charge in [0, 0.05) is 31.0 Å². The number of rotatable bonds is 5. The van der Waals surface area contributed by atoms with Crippen molar-refractivity contribution in [3.63, 3.8) is 0 Å². The van der Waals surface area contributed by atoms with Gasteiger partial charge in [-0.1, -0.05) is 38.1 Å². The van der Waals surface area contributed by atoms with E-state index in [1.807, 2.05) is 53.6 Å². The Balaban J connectivity index is 1.82. The fourth-order valence-electron chi connectivity index (χ4n) is 2.81. The van der Waals surface area contributed by atoms with Crippen molar-refractivity contribution < 1.29 is 9.53 Å². The maximum atomic E-state index is 13.0. The molecule has 2 heterocycles. The molecule has 0 saturated carbocycles. The molecule has 0 atom stereocenters. The van der Waals surface area contributed by atoms with Crippen LogP contribution < -0.4 is 4.74 Å². The maximum Gasteiger partial charge on any atom is 0.253 e. The molecule has 1 aliphatic heterocycles. The fourth-order valence-corrected chi connectivity index (χ4v) is 2.81. The van der Waals surface area contributed by atoms with E-state index in [0.717, 1.165) is 16.9 Å². The molecule has 0 bridgehead atoms. The van der Waals surface area contributed by atoms with Crippen molar-refractivity contribution in [2.75, 3.05) is 13.2 Å². The number of fused-ring (bicyclic) bond motifs is 1. The number of hydrogen-bond acceptors (Lipinski definition) is 3. The van der Waals surface area contributed by atoms with Gasteiger partial charge in [0.2, 0.25) is 0 Å². The van der Waals surface area contributed by atoms with E-state index in [2.05, 4.69) is 18.8 Å². The first-order valence-corrected chi connectivity index (χ1v) is 8.24. The van der Waals surface area contributed by atoms with Gasteiger partial charge in [0.25, 0.3) is 5.91 Å². The van der Waals surface area contributed by atoms with Gasteiger partial charge >= 0.3 is 0 Å². The van der Waals surface area contributed by atoms with Gasteiger partial charge in [-0.3, -0.25) is 9.78 Å². The SMILES string of the molecule is CC(C)CN(Cc1cccnc1)C(=O)C1=Cc2ccccc2OC1. The summed E-state index contributed by atoms with van der Waals surface area (Å²) in [7, 11) is 0. The van der Waals surface area contributed by atoms with Crippen LogP contribution >= 0.6 is 0 Å². The highest BCUT2D eigenvalue weighted by Crippen LogP contribution is 2.26. The van der Waals surface area contributed by atoms with Crippen molar-refractivity contribution in [2.24, 2.45) is 5.92 Å². The first kappa shape index (κ1) is 16.2. The molecule has 1 aromatic carbocycles. The molecule has 1 aliphatic rings. The van der Waals surface area contributed by atoms with E-state index in [4.69, 9.17) is 4.74 Å². The Morgan fingerprint density at radius 3 is 2.83 bits per heavy atom. The van der Waals surface area contributed by atoms with E-state index in [1.165, 1.54) is 0 Å². The van der Waals surface area contributed by atoms with Crippen molar-refractivity contribution in [1.82, 2.24) is 9.88 Å². The number of hydrogen-bond donors (Lipinski definition) is 0. The maximum absolute atomic E-state index is 13.0. The molecule has 0 aliphatic carbocycles. The molecule has 0 spiro atoms. The lowest BCUT2D eigenvalue weighted by molar-refractivity contribution is -0.128. The third-order valence-corrected chi connectivity index (χ3v) is 3.88. The van der Waals surface area contributed by atoms with E-state index < -0.39 is 0 Å². The number of aromatic nitrogens is 1. The van der Waals surface area contributed by atoms with Crippen molar-refractivity contribution in [1.29, 1.82) is 0 Å². The van der Waals surface area contributed by atoms with E-state index >= 15 is 0 Å². The molecule has 0 N–H and O–H groups in total. The van der Waals surface area contributed by atoms with Gasteiger partial charge in [-0.25, -0.2) is 0 Å². The van der Waals surface area contributed by atoms with Crippen molar-refractivity contribution >= 4 is 12.0 Å². The van der Waals surface area contributed by atoms with Crippen LogP contribution in [0.4, 0.5) is 0 Å². The molecule has 0 saturated heterocycles. The monoisotopic (exact) mass is 322 g/mol. The smallest absolute Gasteiger partial charge is 0.253 e. The van der Waals surface area contributed by atoms with Gasteiger partial charge in [-0.2, -0.15) is 0 Å². The average Bonchev–Trinajstić information content (AvgIpc) is 2.60. The third kappa shape index (κ3) is 3.82. The van der Waals surface area contributed by atoms with Gasteiger partial charge in [0.15, 0.2) is 0 Å². The Labute approximate surface area is 142 Å². The highest BCUT2D eigenvalue weighted by Gasteiger charge is 2.23. The summed E-state index contributed by atoms with van der Waals surface area (Å²) in [4.78, 5) is 19.0. The Bertz CT molecular complexity index is 738. The van der Waals surface area contributed by atoms with Crippen LogP contribution in [-0.2, 0) is 11.3 Å². The molecule has 3 rings (SSSR count). The first-order chi connectivity index (χ1) is 11.6. The standard InChI is InChI=1S/C20H22N2O2/c1-15(2)12-22(13-16-6-5-9-21-11-16)20(23)18-10-17-7-3-4-8-19(17)24-14-18/h3-11,15H,12-14H2,1-2H3. The second kappa shape index (κ2) is 7.30. The minimum atomic E-state index is 0.0297. The predicted octanol–water partition coefficient (Wildman–Crippen LogP) is 3.54. The summed E-state index contributed by atoms with van der Waals surface area (Å²) in [6, 6.07) is 11.7. The van der Waals surface area contributed by atoms with Crippen LogP contribution in [0.1, 0.15) is 25.0 Å². The minimum Gasteiger partial charge on any atom is -0.488 e. The summed E-state index contributed by atoms with van der Waals surface area (Å²) in [5, 5.41) is 0. The van der Waals surface area contributed by atoms with Crippen LogP contribution in [0.3, 0.4) is 0 Å². The lowest BCUT2D eigenvalue weighted by Gasteiger charge is -2.27. The molecule has 0 unspecified atom stereocenters. The molecule has 0 fully saturated rings. The zero-order valence-electron chi connectivity index (χ0n) is 14.1. The highest BCUT2D eigenvalue weighted by atomic mass is 16.5. The molecule has 124 valence electrons. The highest BCUT2D eigenvalue weighted by molar-refractivity contribution is 5.99. The Hall–Kier alpha value is -2.62. The summed E-state index contributed by atoms with van der Waals surface area (Å²) < 4.78 is 5.73. The van der Waals surface area contributed by atoms with E-state index in [-0.39, 0.29) is 5.91 Å². The molecule has 0 radical (unpaired) electrons. The third-order valence-electron chi connectivity index (χ3n) is 3.88. The fraction of sp³-hybridized carbons (Fsp3) is 0.300. The topological polar surface area (TPSA) is 42.4 Å². The number of nitrogens with zero attached hydrogens (tertiary/aromatic N) is 2. The molecule has 4 nitrogen and oxygen atoms in total. The van der Waals surface area contributed by atoms with Gasteiger partial charge in [0.05, 0.1) is 5.57 Å². The van der Waals surface area contributed by atoms with E-state index in [0.29, 0.717) is 31.2 Å². The van der Waals surface area contributed by atoms with Crippen LogP contribution in [0.15, 0.2) is 54.4 Å². The average molecular weight is 322 g/mol. The van der Waals surface area contributed by atoms with Crippen molar-refractivity contribution in [2.45, 2.75) is 20.4 Å². The largest absolute Gasteiger partial charge is 0.488 e. The summed E-state index contributed by atoms with van der Waals surface area (Å²) >= 11 is 0. The second-order valence-electron chi connectivity index (χ2n) is 6.44. The number of para-hydroxylation sites is 1. The zero-order chi connectivity index (χ0) is 16.9. The number of carbonyl (C=O) groups excluding carboxylic acids is 1. The molecule has 4 heteroatoms. The van der Waals surface area contributed by atoms with Crippen LogP contribution in [0.2, 0.25) is 0 Å². The number of pyridine rings is 1. The second-order valence-corrected chi connectivity index (χ2v) is 6.44. The van der Waals surface area contributed by atoms with Gasteiger partial charge < -0.3 is 9.64 Å². The number of amides is 1. The quantitative estimate of drug-likeness (QED) is 0.845. The number of benzene rings is 1. The van der Waals surface area contributed by atoms with Crippen LogP contribution in [0.25, 0.3) is 6.08 Å². The van der Waals surface area contributed by atoms with Crippen LogP contribution in [0.5, 0.6) is 5.75 Å². The lowest BCUT2D eigenvalue weighted by atomic mass is 10.1. The molecule has 24 heavy (non-hydrogen) atoms. The van der Waals surface area contributed by atoms with Crippen molar-refractivity contribution in [3.8, 4) is 5.75 Å². The summed E-state index contributed by atoms with van der Waals surface area (Å²) in [5.74, 6) is 1.25. The summed E-state index contributed by atoms with van der Waals surface area (Å²) in [6.45, 7) is 5.81. The molecular weight excluding hydrogens is 300 g/mol. The molecule has 2 aromatic rings.